The van der Waals surface area contributed by atoms with Crippen LogP contribution in [-0.2, 0) is 11.2 Å². The summed E-state index contributed by atoms with van der Waals surface area (Å²) in [5.41, 5.74) is 0.607. The predicted octanol–water partition coefficient (Wildman–Crippen LogP) is 3.68. The summed E-state index contributed by atoms with van der Waals surface area (Å²) in [7, 11) is 3.09. The van der Waals surface area contributed by atoms with Crippen LogP contribution in [0.1, 0.15) is 5.56 Å². The Morgan fingerprint density at radius 3 is 2.54 bits per heavy atom. The molecular weight excluding hydrogens is 396 g/mol. The van der Waals surface area contributed by atoms with Gasteiger partial charge < -0.3 is 20.7 Å². The maximum Gasteiger partial charge on any atom is 0.269 e. The number of benzene rings is 2. The monoisotopic (exact) mass is 412 g/mol. The van der Waals surface area contributed by atoms with E-state index in [-0.39, 0.29) is 28.7 Å². The number of nitrogens with one attached hydrogen (secondary N) is 1. The lowest BCUT2D eigenvalue weighted by Crippen LogP contribution is -2.33. The zero-order valence-electron chi connectivity index (χ0n) is 13.6. The first-order chi connectivity index (χ1) is 12.5. The molecule has 0 unspecified atom stereocenters. The molecule has 0 heterocycles. The number of rotatable bonds is 8. The molecule has 0 saturated heterocycles. The molecule has 2 aromatic rings. The second-order valence-electron chi connectivity index (χ2n) is 5.16. The Morgan fingerprint density at radius 1 is 1.15 bits per heavy atom. The van der Waals surface area contributed by atoms with Crippen molar-refractivity contribution in [3.8, 4) is 11.5 Å². The first kappa shape index (κ1) is 20.3. The van der Waals surface area contributed by atoms with Gasteiger partial charge >= 0.3 is 0 Å². The lowest BCUT2D eigenvalue weighted by atomic mass is 10.1. The second-order valence-corrected chi connectivity index (χ2v) is 8.06. The minimum absolute atomic E-state index is 0.0389. The minimum Gasteiger partial charge on any atom is -0.508 e. The molecule has 4 N–H and O–H groups in total. The fourth-order valence-corrected chi connectivity index (χ4v) is 4.03. The van der Waals surface area contributed by atoms with Crippen molar-refractivity contribution in [1.29, 1.82) is 0 Å². The molecule has 0 saturated carbocycles. The molecule has 138 valence electrons. The zero-order chi connectivity index (χ0) is 18.9. The van der Waals surface area contributed by atoms with Gasteiger partial charge in [-0.15, -0.1) is 0 Å². The molecule has 1 amide bonds. The number of hydrogen-bond donors (Lipinski definition) is 4. The number of phenols is 2. The number of amides is 1. The lowest BCUT2D eigenvalue weighted by molar-refractivity contribution is -0.114. The molecule has 0 spiro atoms. The van der Waals surface area contributed by atoms with Crippen LogP contribution in [0, 0.1) is 0 Å². The highest BCUT2D eigenvalue weighted by atomic mass is 35.5. The van der Waals surface area contributed by atoms with Crippen molar-refractivity contribution in [1.82, 2.24) is 5.32 Å². The number of nitrogens with zero attached hydrogens (tertiary/aromatic N) is 1. The Kier molecular flexibility index (Phi) is 7.96. The number of phenolic OH excluding ortho intramolecular Hbond substituents is 2. The molecule has 0 aliphatic carbocycles. The van der Waals surface area contributed by atoms with Gasteiger partial charge in [-0.1, -0.05) is 44.4 Å². The van der Waals surface area contributed by atoms with Gasteiger partial charge in [-0.2, -0.15) is 0 Å². The molecule has 0 aliphatic rings. The van der Waals surface area contributed by atoms with Gasteiger partial charge in [0.2, 0.25) is 0 Å². The standard InChI is InChI=1S/C17H17ClN2O4S2/c18-14-9-11(1-6-16(14)22)10-15(20-24)17(23)19-7-8-25-26-13-4-2-12(21)3-5-13/h1-6,9,21-22,24H,7-8,10H2,(H,19,23)/b20-15+. The van der Waals surface area contributed by atoms with Crippen LogP contribution in [0.3, 0.4) is 0 Å². The van der Waals surface area contributed by atoms with Gasteiger partial charge in [0, 0.05) is 23.6 Å². The van der Waals surface area contributed by atoms with Gasteiger partial charge in [-0.05, 0) is 42.0 Å². The smallest absolute Gasteiger partial charge is 0.269 e. The molecular formula is C17H17ClN2O4S2. The average Bonchev–Trinajstić information content (AvgIpc) is 2.63. The van der Waals surface area contributed by atoms with Crippen molar-refractivity contribution in [2.45, 2.75) is 11.3 Å². The SMILES string of the molecule is O=C(NCCSSc1ccc(O)cc1)/C(Cc1ccc(O)c(Cl)c1)=N/O. The maximum atomic E-state index is 12.1. The highest BCUT2D eigenvalue weighted by Gasteiger charge is 2.13. The van der Waals surface area contributed by atoms with Crippen molar-refractivity contribution in [3.05, 3.63) is 53.1 Å². The number of halogens is 1. The molecule has 0 bridgehead atoms. The van der Waals surface area contributed by atoms with Crippen LogP contribution in [0.15, 0.2) is 52.5 Å². The van der Waals surface area contributed by atoms with Gasteiger partial charge in [0.05, 0.1) is 5.02 Å². The average molecular weight is 413 g/mol. The van der Waals surface area contributed by atoms with Crippen LogP contribution in [0.25, 0.3) is 0 Å². The summed E-state index contributed by atoms with van der Waals surface area (Å²) in [5, 5.41) is 33.6. The van der Waals surface area contributed by atoms with Crippen molar-refractivity contribution >= 4 is 44.8 Å². The molecule has 26 heavy (non-hydrogen) atoms. The van der Waals surface area contributed by atoms with E-state index in [0.717, 1.165) is 4.90 Å². The number of oxime groups is 1. The summed E-state index contributed by atoms with van der Waals surface area (Å²) < 4.78 is 0. The Morgan fingerprint density at radius 2 is 1.88 bits per heavy atom. The fourth-order valence-electron chi connectivity index (χ4n) is 1.93. The van der Waals surface area contributed by atoms with Gasteiger partial charge in [-0.25, -0.2) is 0 Å². The third-order valence-corrected chi connectivity index (χ3v) is 5.92. The predicted molar refractivity (Wildman–Crippen MR) is 105 cm³/mol. The summed E-state index contributed by atoms with van der Waals surface area (Å²) in [4.78, 5) is 13.1. The molecule has 0 aromatic heterocycles. The van der Waals surface area contributed by atoms with E-state index in [9.17, 15) is 15.0 Å². The van der Waals surface area contributed by atoms with E-state index in [2.05, 4.69) is 10.5 Å². The van der Waals surface area contributed by atoms with E-state index in [1.807, 2.05) is 12.1 Å². The summed E-state index contributed by atoms with van der Waals surface area (Å²) in [5.74, 6) is 0.357. The second kappa shape index (κ2) is 10.2. The molecule has 0 atom stereocenters. The fraction of sp³-hybridized carbons (Fsp3) is 0.176. The number of hydrogen-bond acceptors (Lipinski definition) is 7. The summed E-state index contributed by atoms with van der Waals surface area (Å²) in [6.45, 7) is 0.407. The lowest BCUT2D eigenvalue weighted by Gasteiger charge is -2.07. The number of carbonyl (C=O) groups is 1. The largest absolute Gasteiger partial charge is 0.508 e. The van der Waals surface area contributed by atoms with Gasteiger partial charge in [0.1, 0.15) is 17.2 Å². The molecule has 9 heteroatoms. The highest BCUT2D eigenvalue weighted by molar-refractivity contribution is 8.76. The minimum atomic E-state index is -0.466. The first-order valence-electron chi connectivity index (χ1n) is 7.54. The Balaban J connectivity index is 1.74. The normalized spacial score (nSPS) is 11.3. The highest BCUT2D eigenvalue weighted by Crippen LogP contribution is 2.31. The van der Waals surface area contributed by atoms with Crippen LogP contribution in [-0.4, -0.2) is 39.3 Å². The van der Waals surface area contributed by atoms with Crippen molar-refractivity contribution in [2.24, 2.45) is 5.16 Å². The van der Waals surface area contributed by atoms with Crippen LogP contribution in [0.4, 0.5) is 0 Å². The molecule has 0 fully saturated rings. The molecule has 2 aromatic carbocycles. The topological polar surface area (TPSA) is 102 Å². The Labute approximate surface area is 163 Å². The third-order valence-electron chi connectivity index (χ3n) is 3.23. The van der Waals surface area contributed by atoms with E-state index in [1.165, 1.54) is 22.9 Å². The number of aromatic hydroxyl groups is 2. The zero-order valence-corrected chi connectivity index (χ0v) is 15.9. The van der Waals surface area contributed by atoms with E-state index < -0.39 is 5.91 Å². The van der Waals surface area contributed by atoms with E-state index in [4.69, 9.17) is 16.8 Å². The molecule has 0 radical (unpaired) electrons. The molecule has 6 nitrogen and oxygen atoms in total. The summed E-state index contributed by atoms with van der Waals surface area (Å²) in [6.07, 6.45) is 0.0950. The molecule has 0 aliphatic heterocycles. The number of carbonyl (C=O) groups excluding carboxylic acids is 1. The quantitative estimate of drug-likeness (QED) is 0.173. The van der Waals surface area contributed by atoms with E-state index in [0.29, 0.717) is 17.9 Å². The maximum absolute atomic E-state index is 12.1. The van der Waals surface area contributed by atoms with Gasteiger partial charge in [0.25, 0.3) is 5.91 Å². The van der Waals surface area contributed by atoms with E-state index >= 15 is 0 Å². The van der Waals surface area contributed by atoms with Crippen LogP contribution in [0.5, 0.6) is 11.5 Å². The molecule has 2 rings (SSSR count). The van der Waals surface area contributed by atoms with Crippen molar-refractivity contribution in [2.75, 3.05) is 12.3 Å². The summed E-state index contributed by atoms with van der Waals surface area (Å²) >= 11 is 5.83. The van der Waals surface area contributed by atoms with Crippen molar-refractivity contribution < 1.29 is 20.2 Å². The van der Waals surface area contributed by atoms with Gasteiger partial charge in [0.15, 0.2) is 0 Å². The van der Waals surface area contributed by atoms with Gasteiger partial charge in [-0.3, -0.25) is 4.79 Å². The van der Waals surface area contributed by atoms with Crippen LogP contribution in [0.2, 0.25) is 5.02 Å². The van der Waals surface area contributed by atoms with Crippen LogP contribution < -0.4 is 5.32 Å². The summed E-state index contributed by atoms with van der Waals surface area (Å²) in [6, 6.07) is 11.4. The van der Waals surface area contributed by atoms with E-state index in [1.54, 1.807) is 29.0 Å². The Bertz CT molecular complexity index is 785. The van der Waals surface area contributed by atoms with Crippen LogP contribution >= 0.6 is 33.2 Å². The van der Waals surface area contributed by atoms with Crippen molar-refractivity contribution in [3.63, 3.8) is 0 Å². The first-order valence-corrected chi connectivity index (χ1v) is 10.2. The third kappa shape index (κ3) is 6.36. The Hall–Kier alpha value is -2.03.